The van der Waals surface area contributed by atoms with Gasteiger partial charge < -0.3 is 5.32 Å². The molecule has 2 aromatic heterocycles. The van der Waals surface area contributed by atoms with Crippen molar-refractivity contribution in [2.45, 2.75) is 19.3 Å². The Hall–Kier alpha value is -1.10. The molecule has 0 amide bonds. The molecule has 1 N–H and O–H groups in total. The van der Waals surface area contributed by atoms with Crippen LogP contribution in [0.3, 0.4) is 0 Å². The van der Waals surface area contributed by atoms with Crippen LogP contribution in [0.15, 0.2) is 22.8 Å². The SMILES string of the molecule is Brc1cccn2nc(NCC3CCC3)nc12. The van der Waals surface area contributed by atoms with Crippen molar-refractivity contribution in [1.29, 1.82) is 0 Å². The van der Waals surface area contributed by atoms with Gasteiger partial charge in [0.1, 0.15) is 0 Å². The minimum atomic E-state index is 0.721. The Labute approximate surface area is 102 Å². The van der Waals surface area contributed by atoms with Gasteiger partial charge in [0.15, 0.2) is 5.65 Å². The first kappa shape index (κ1) is 10.1. The van der Waals surface area contributed by atoms with Crippen LogP contribution in [0.2, 0.25) is 0 Å². The van der Waals surface area contributed by atoms with Gasteiger partial charge in [0, 0.05) is 12.7 Å². The normalized spacial score (nSPS) is 16.3. The van der Waals surface area contributed by atoms with Gasteiger partial charge in [-0.2, -0.15) is 4.98 Å². The average Bonchev–Trinajstić information content (AvgIpc) is 2.60. The van der Waals surface area contributed by atoms with Crippen LogP contribution in [0, 0.1) is 5.92 Å². The highest BCUT2D eigenvalue weighted by Crippen LogP contribution is 2.26. The minimum absolute atomic E-state index is 0.721. The van der Waals surface area contributed by atoms with E-state index in [0.29, 0.717) is 0 Å². The summed E-state index contributed by atoms with van der Waals surface area (Å²) >= 11 is 3.46. The zero-order valence-electron chi connectivity index (χ0n) is 8.86. The molecule has 0 aliphatic heterocycles. The van der Waals surface area contributed by atoms with Crippen LogP contribution in [0.1, 0.15) is 19.3 Å². The fraction of sp³-hybridized carbons (Fsp3) is 0.455. The molecule has 5 heteroatoms. The van der Waals surface area contributed by atoms with Crippen molar-refractivity contribution in [1.82, 2.24) is 14.6 Å². The van der Waals surface area contributed by atoms with Gasteiger partial charge in [-0.1, -0.05) is 6.42 Å². The Morgan fingerprint density at radius 1 is 1.50 bits per heavy atom. The van der Waals surface area contributed by atoms with Crippen molar-refractivity contribution in [3.63, 3.8) is 0 Å². The predicted octanol–water partition coefficient (Wildman–Crippen LogP) is 2.70. The highest BCUT2D eigenvalue weighted by atomic mass is 79.9. The van der Waals surface area contributed by atoms with Gasteiger partial charge in [-0.25, -0.2) is 4.52 Å². The molecule has 1 aliphatic carbocycles. The van der Waals surface area contributed by atoms with Gasteiger partial charge in [-0.15, -0.1) is 5.10 Å². The molecule has 0 aromatic carbocycles. The van der Waals surface area contributed by atoms with Gasteiger partial charge in [0.2, 0.25) is 5.95 Å². The third kappa shape index (κ3) is 1.80. The van der Waals surface area contributed by atoms with E-state index in [1.807, 2.05) is 18.3 Å². The van der Waals surface area contributed by atoms with Crippen molar-refractivity contribution in [2.75, 3.05) is 11.9 Å². The average molecular weight is 281 g/mol. The van der Waals surface area contributed by atoms with Crippen LogP contribution in [0.25, 0.3) is 5.65 Å². The molecule has 2 aromatic rings. The maximum Gasteiger partial charge on any atom is 0.243 e. The molecule has 0 unspecified atom stereocenters. The standard InChI is InChI=1S/C11H13BrN4/c12-9-5-2-6-16-10(9)14-11(15-16)13-7-8-3-1-4-8/h2,5-6,8H,1,3-4,7H2,(H,13,15). The van der Waals surface area contributed by atoms with Gasteiger partial charge in [0.25, 0.3) is 0 Å². The lowest BCUT2D eigenvalue weighted by molar-refractivity contribution is 0.333. The second-order valence-electron chi connectivity index (χ2n) is 4.24. The van der Waals surface area contributed by atoms with Crippen molar-refractivity contribution in [2.24, 2.45) is 5.92 Å². The summed E-state index contributed by atoms with van der Waals surface area (Å²) < 4.78 is 2.76. The second kappa shape index (κ2) is 4.05. The molecule has 0 radical (unpaired) electrons. The summed E-state index contributed by atoms with van der Waals surface area (Å²) in [6.07, 6.45) is 5.95. The summed E-state index contributed by atoms with van der Waals surface area (Å²) in [5.41, 5.74) is 0.860. The number of anilines is 1. The van der Waals surface area contributed by atoms with E-state index in [2.05, 4.69) is 31.3 Å². The van der Waals surface area contributed by atoms with Crippen LogP contribution in [-0.4, -0.2) is 21.1 Å². The zero-order valence-corrected chi connectivity index (χ0v) is 10.4. The van der Waals surface area contributed by atoms with Crippen molar-refractivity contribution >= 4 is 27.5 Å². The summed E-state index contributed by atoms with van der Waals surface area (Å²) in [7, 11) is 0. The molecular weight excluding hydrogens is 268 g/mol. The van der Waals surface area contributed by atoms with E-state index < -0.39 is 0 Å². The van der Waals surface area contributed by atoms with E-state index in [-0.39, 0.29) is 0 Å². The van der Waals surface area contributed by atoms with E-state index >= 15 is 0 Å². The number of nitrogens with one attached hydrogen (secondary N) is 1. The Bertz CT molecular complexity index is 504. The summed E-state index contributed by atoms with van der Waals surface area (Å²) in [6.45, 7) is 0.995. The molecule has 4 nitrogen and oxygen atoms in total. The molecule has 0 saturated heterocycles. The summed E-state index contributed by atoms with van der Waals surface area (Å²) in [4.78, 5) is 4.44. The molecule has 3 rings (SSSR count). The molecule has 1 saturated carbocycles. The number of fused-ring (bicyclic) bond motifs is 1. The van der Waals surface area contributed by atoms with Crippen molar-refractivity contribution < 1.29 is 0 Å². The number of rotatable bonds is 3. The Morgan fingerprint density at radius 2 is 2.38 bits per heavy atom. The first-order chi connectivity index (χ1) is 7.83. The summed E-state index contributed by atoms with van der Waals surface area (Å²) in [6, 6.07) is 3.92. The number of hydrogen-bond donors (Lipinski definition) is 1. The number of halogens is 1. The number of pyridine rings is 1. The molecule has 84 valence electrons. The van der Waals surface area contributed by atoms with E-state index in [1.165, 1.54) is 19.3 Å². The fourth-order valence-electron chi connectivity index (χ4n) is 1.88. The Balaban J connectivity index is 1.79. The van der Waals surface area contributed by atoms with Crippen molar-refractivity contribution in [3.8, 4) is 0 Å². The maximum absolute atomic E-state index is 4.44. The Kier molecular flexibility index (Phi) is 2.55. The number of hydrogen-bond acceptors (Lipinski definition) is 3. The van der Waals surface area contributed by atoms with E-state index in [9.17, 15) is 0 Å². The highest BCUT2D eigenvalue weighted by Gasteiger charge is 2.17. The maximum atomic E-state index is 4.44. The molecule has 16 heavy (non-hydrogen) atoms. The topological polar surface area (TPSA) is 42.2 Å². The molecule has 0 bridgehead atoms. The van der Waals surface area contributed by atoms with Gasteiger partial charge >= 0.3 is 0 Å². The molecule has 1 fully saturated rings. The highest BCUT2D eigenvalue weighted by molar-refractivity contribution is 9.10. The molecule has 0 spiro atoms. The fourth-order valence-corrected chi connectivity index (χ4v) is 2.30. The molecule has 1 aliphatic rings. The molecular formula is C11H13BrN4. The van der Waals surface area contributed by atoms with Crippen LogP contribution < -0.4 is 5.32 Å². The van der Waals surface area contributed by atoms with Crippen molar-refractivity contribution in [3.05, 3.63) is 22.8 Å². The third-order valence-corrected chi connectivity index (χ3v) is 3.71. The second-order valence-corrected chi connectivity index (χ2v) is 5.09. The summed E-state index contributed by atoms with van der Waals surface area (Å²) in [5.74, 6) is 1.54. The molecule has 0 atom stereocenters. The van der Waals surface area contributed by atoms with E-state index in [4.69, 9.17) is 0 Å². The minimum Gasteiger partial charge on any atom is -0.353 e. The predicted molar refractivity (Wildman–Crippen MR) is 66.5 cm³/mol. The van der Waals surface area contributed by atoms with Crippen LogP contribution >= 0.6 is 15.9 Å². The van der Waals surface area contributed by atoms with Crippen LogP contribution in [0.5, 0.6) is 0 Å². The van der Waals surface area contributed by atoms with Gasteiger partial charge in [-0.3, -0.25) is 0 Å². The molecule has 2 heterocycles. The smallest absolute Gasteiger partial charge is 0.243 e. The van der Waals surface area contributed by atoms with Gasteiger partial charge in [0.05, 0.1) is 4.47 Å². The van der Waals surface area contributed by atoms with Crippen LogP contribution in [0.4, 0.5) is 5.95 Å². The first-order valence-corrected chi connectivity index (χ1v) is 6.37. The summed E-state index contributed by atoms with van der Waals surface area (Å²) in [5, 5.41) is 7.67. The number of aromatic nitrogens is 3. The lowest BCUT2D eigenvalue weighted by Crippen LogP contribution is -2.21. The number of nitrogens with zero attached hydrogens (tertiary/aromatic N) is 3. The Morgan fingerprint density at radius 3 is 3.06 bits per heavy atom. The van der Waals surface area contributed by atoms with E-state index in [1.54, 1.807) is 4.52 Å². The monoisotopic (exact) mass is 280 g/mol. The third-order valence-electron chi connectivity index (χ3n) is 3.09. The van der Waals surface area contributed by atoms with E-state index in [0.717, 1.165) is 28.5 Å². The quantitative estimate of drug-likeness (QED) is 0.940. The largest absolute Gasteiger partial charge is 0.353 e. The lowest BCUT2D eigenvalue weighted by atomic mass is 9.85. The van der Waals surface area contributed by atoms with Gasteiger partial charge in [-0.05, 0) is 46.8 Å². The zero-order chi connectivity index (χ0) is 11.0. The first-order valence-electron chi connectivity index (χ1n) is 5.58. The lowest BCUT2D eigenvalue weighted by Gasteiger charge is -2.24. The van der Waals surface area contributed by atoms with Crippen LogP contribution in [-0.2, 0) is 0 Å².